The highest BCUT2D eigenvalue weighted by atomic mass is 16.6. The number of amides is 3. The van der Waals surface area contributed by atoms with Crippen molar-refractivity contribution in [2.24, 2.45) is 5.92 Å². The summed E-state index contributed by atoms with van der Waals surface area (Å²) >= 11 is 0. The van der Waals surface area contributed by atoms with Crippen LogP contribution in [0.1, 0.15) is 62.9 Å². The largest absolute Gasteiger partial charge is 0.497 e. The van der Waals surface area contributed by atoms with Crippen LogP contribution in [0.25, 0.3) is 45.0 Å². The van der Waals surface area contributed by atoms with Crippen molar-refractivity contribution in [3.63, 3.8) is 0 Å². The van der Waals surface area contributed by atoms with E-state index in [1.807, 2.05) is 84.9 Å². The zero-order valence-electron chi connectivity index (χ0n) is 44.9. The Hall–Kier alpha value is -11.7. The molecule has 0 bridgehead atoms. The number of nitrogen functional groups attached to an aromatic ring is 1. The van der Waals surface area contributed by atoms with Crippen LogP contribution in [0.5, 0.6) is 23.0 Å². The highest BCUT2D eigenvalue weighted by Crippen LogP contribution is 2.45. The van der Waals surface area contributed by atoms with Gasteiger partial charge in [-0.25, -0.2) is 9.59 Å². The maximum Gasteiger partial charge on any atom is 0.417 e. The maximum absolute atomic E-state index is 13.4. The second kappa shape index (κ2) is 23.2. The van der Waals surface area contributed by atoms with Gasteiger partial charge in [-0.15, -0.1) is 0 Å². The minimum atomic E-state index is -1.34. The number of hydrogen-bond donors (Lipinski definition) is 6. The number of hydrogen-bond acceptors (Lipinski definition) is 14. The molecule has 10 aromatic rings. The van der Waals surface area contributed by atoms with Crippen molar-refractivity contribution in [2.75, 3.05) is 43.0 Å². The van der Waals surface area contributed by atoms with Crippen molar-refractivity contribution in [1.29, 1.82) is 0 Å². The van der Waals surface area contributed by atoms with E-state index in [0.29, 0.717) is 96.0 Å². The fourth-order valence-electron chi connectivity index (χ4n) is 10.1. The number of Topliss-reactive ketones (excluding diaryl/α,β-unsaturated/α-hetero) is 3. The molecule has 3 amide bonds. The Morgan fingerprint density at radius 3 is 1.42 bits per heavy atom. The Kier molecular flexibility index (Phi) is 15.0. The molecule has 0 spiro atoms. The van der Waals surface area contributed by atoms with Gasteiger partial charge in [-0.05, 0) is 115 Å². The topological polar surface area (TPSA) is 276 Å². The predicted molar refractivity (Wildman–Crippen MR) is 314 cm³/mol. The molecule has 84 heavy (non-hydrogen) atoms. The summed E-state index contributed by atoms with van der Waals surface area (Å²) in [6, 6.07) is 53.7. The van der Waals surface area contributed by atoms with E-state index < -0.39 is 35.4 Å². The Bertz CT molecular complexity index is 4030. The molecule has 414 valence electrons. The third kappa shape index (κ3) is 10.4. The summed E-state index contributed by atoms with van der Waals surface area (Å²) in [6.07, 6.45) is -0.670. The van der Waals surface area contributed by atoms with Crippen molar-refractivity contribution in [3.05, 3.63) is 227 Å². The van der Waals surface area contributed by atoms with E-state index in [1.54, 1.807) is 99.1 Å². The molecule has 0 aliphatic heterocycles. The lowest BCUT2D eigenvalue weighted by Gasteiger charge is -2.11. The van der Waals surface area contributed by atoms with Gasteiger partial charge < -0.3 is 35.3 Å². The minimum absolute atomic E-state index is 0.152. The van der Waals surface area contributed by atoms with Gasteiger partial charge in [-0.3, -0.25) is 39.5 Å². The van der Waals surface area contributed by atoms with Crippen LogP contribution < -0.4 is 40.6 Å². The minimum Gasteiger partial charge on any atom is -0.497 e. The molecule has 7 N–H and O–H groups in total. The number of benzene rings is 8. The normalized spacial score (nSPS) is 12.9. The first kappa shape index (κ1) is 54.2. The molecular weight excluding hydrogens is 1070 g/mol. The van der Waals surface area contributed by atoms with Crippen LogP contribution in [0.15, 0.2) is 188 Å². The molecule has 2 heterocycles. The van der Waals surface area contributed by atoms with Crippen LogP contribution in [-0.2, 0) is 0 Å². The monoisotopic (exact) mass is 1120 g/mol. The van der Waals surface area contributed by atoms with E-state index in [0.717, 1.165) is 16.9 Å². The predicted octanol–water partition coefficient (Wildman–Crippen LogP) is 12.0. The summed E-state index contributed by atoms with van der Waals surface area (Å²) in [5.41, 5.74) is 15.4. The number of nitrogens with zero attached hydrogens (tertiary/aromatic N) is 2. The molecule has 0 fully saturated rings. The highest BCUT2D eigenvalue weighted by molar-refractivity contribution is 6.39. The van der Waals surface area contributed by atoms with Crippen LogP contribution in [0.2, 0.25) is 0 Å². The first-order valence-electron chi connectivity index (χ1n) is 26.0. The number of ether oxygens (including phenoxy) is 4. The second-order valence-corrected chi connectivity index (χ2v) is 19.0. The summed E-state index contributed by atoms with van der Waals surface area (Å²) in [5.74, 6) is -0.826. The summed E-state index contributed by atoms with van der Waals surface area (Å²) in [6.45, 7) is 0. The molecule has 2 aromatic heterocycles. The molecule has 19 nitrogen and oxygen atoms in total. The smallest absolute Gasteiger partial charge is 0.417 e. The van der Waals surface area contributed by atoms with E-state index in [4.69, 9.17) is 24.7 Å². The van der Waals surface area contributed by atoms with Gasteiger partial charge in [0.1, 0.15) is 40.3 Å². The van der Waals surface area contributed by atoms with Gasteiger partial charge in [0, 0.05) is 44.8 Å². The number of anilines is 4. The Labute approximate surface area is 478 Å². The fourth-order valence-corrected chi connectivity index (χ4v) is 10.1. The SMILES string of the molecule is COc1ccc(-c2n[nH]c3c2C(=O)c2c(NC(=O)Nc4ccccc4)cccc2-3)cc1.COc1ccc(-c2n[nH]c3c2C(=O)c2c(NC(=O)Oc4ccccc4)cccc2-3)cc1.COc1ccc(C(=O)C2C(=O)c3cccc(N)c3C2=O)cc1. The number of H-pyrrole nitrogens is 2. The zero-order valence-corrected chi connectivity index (χ0v) is 44.9. The van der Waals surface area contributed by atoms with Crippen molar-refractivity contribution in [2.45, 2.75) is 0 Å². The van der Waals surface area contributed by atoms with Crippen LogP contribution >= 0.6 is 0 Å². The van der Waals surface area contributed by atoms with Crippen LogP contribution in [0, 0.1) is 5.92 Å². The van der Waals surface area contributed by atoms with Gasteiger partial charge >= 0.3 is 12.1 Å². The van der Waals surface area contributed by atoms with Gasteiger partial charge in [0.25, 0.3) is 0 Å². The summed E-state index contributed by atoms with van der Waals surface area (Å²) in [5, 5.41) is 22.9. The number of urea groups is 1. The number of carbonyl (C=O) groups excluding carboxylic acids is 7. The molecule has 1 unspecified atom stereocenters. The number of rotatable bonds is 11. The van der Waals surface area contributed by atoms with Crippen molar-refractivity contribution >= 4 is 63.8 Å². The number of nitrogens with two attached hydrogens (primary N) is 1. The van der Waals surface area contributed by atoms with Crippen molar-refractivity contribution < 1.29 is 52.5 Å². The quantitative estimate of drug-likeness (QED) is 0.0399. The van der Waals surface area contributed by atoms with Gasteiger partial charge in [-0.2, -0.15) is 10.2 Å². The number of fused-ring (bicyclic) bond motifs is 7. The summed E-state index contributed by atoms with van der Waals surface area (Å²) < 4.78 is 20.7. The molecule has 8 aromatic carbocycles. The van der Waals surface area contributed by atoms with Gasteiger partial charge in [0.15, 0.2) is 28.9 Å². The van der Waals surface area contributed by atoms with Crippen LogP contribution in [0.4, 0.5) is 32.3 Å². The Morgan fingerprint density at radius 2 is 0.917 bits per heavy atom. The van der Waals surface area contributed by atoms with Crippen molar-refractivity contribution in [3.8, 4) is 68.0 Å². The average molecular weight is 1120 g/mol. The zero-order chi connectivity index (χ0) is 58.6. The number of methoxy groups -OCH3 is 3. The molecule has 0 saturated carbocycles. The molecule has 1 atom stereocenters. The van der Waals surface area contributed by atoms with Gasteiger partial charge in [0.05, 0.1) is 71.9 Å². The van der Waals surface area contributed by atoms with E-state index in [2.05, 4.69) is 36.3 Å². The van der Waals surface area contributed by atoms with E-state index >= 15 is 0 Å². The van der Waals surface area contributed by atoms with Crippen LogP contribution in [-0.4, -0.2) is 82.8 Å². The van der Waals surface area contributed by atoms with E-state index in [-0.39, 0.29) is 28.4 Å². The van der Waals surface area contributed by atoms with Gasteiger partial charge in [0.2, 0.25) is 0 Å². The first-order valence-corrected chi connectivity index (χ1v) is 26.0. The molecule has 3 aliphatic rings. The third-order valence-electron chi connectivity index (χ3n) is 14.1. The molecule has 0 radical (unpaired) electrons. The number of aromatic amines is 2. The lowest BCUT2D eigenvalue weighted by atomic mass is 9.93. The number of nitrogens with one attached hydrogen (secondary N) is 5. The lowest BCUT2D eigenvalue weighted by molar-refractivity contribution is 0.0755. The lowest BCUT2D eigenvalue weighted by Crippen LogP contribution is -2.25. The Morgan fingerprint density at radius 1 is 0.452 bits per heavy atom. The first-order chi connectivity index (χ1) is 40.8. The molecule has 19 heteroatoms. The van der Waals surface area contributed by atoms with Crippen molar-refractivity contribution in [1.82, 2.24) is 20.4 Å². The van der Waals surface area contributed by atoms with E-state index in [1.165, 1.54) is 25.3 Å². The number of aromatic nitrogens is 4. The molecule has 0 saturated heterocycles. The highest BCUT2D eigenvalue weighted by Gasteiger charge is 2.45. The van der Waals surface area contributed by atoms with Crippen LogP contribution in [0.3, 0.4) is 0 Å². The summed E-state index contributed by atoms with van der Waals surface area (Å²) in [7, 11) is 4.71. The number of para-hydroxylation sites is 2. The molecular formula is C65H48N8O11. The second-order valence-electron chi connectivity index (χ2n) is 19.0. The summed E-state index contributed by atoms with van der Waals surface area (Å²) in [4.78, 5) is 88.9. The molecule has 13 rings (SSSR count). The van der Waals surface area contributed by atoms with E-state index in [9.17, 15) is 33.6 Å². The standard InChI is InChI=1S/C24H18N4O3.C24H17N3O4.C17H13NO4/c1-31-16-12-10-14(11-13-16)21-20-22(28-27-21)17-8-5-9-18(19(17)23(20)29)26-24(30)25-15-6-3-2-4-7-15;1-30-15-12-10-14(11-13-15)21-20-22(27-26-21)17-8-5-9-18(19(17)23(20)28)25-24(29)31-16-6-3-2-4-7-16;1-22-10-7-5-9(6-8-10)15(19)14-16(20)11-3-2-4-12(18)13(11)17(14)21/h2-13H,1H3,(H,27,28)(H2,25,26,30);2-13H,1H3,(H,25,29)(H,26,27);2-8,14H,18H2,1H3. The van der Waals surface area contributed by atoms with Gasteiger partial charge in [-0.1, -0.05) is 72.8 Å². The molecule has 3 aliphatic carbocycles. The maximum atomic E-state index is 13.4. The fraction of sp³-hybridized carbons (Fsp3) is 0.0615. The number of ketones is 5. The number of carbonyl (C=O) groups is 7. The third-order valence-corrected chi connectivity index (χ3v) is 14.1. The average Bonchev–Trinajstić information content (AvgIpc) is 2.18. The Balaban J connectivity index is 0.000000134.